The second-order valence-electron chi connectivity index (χ2n) is 10.2. The third-order valence-electron chi connectivity index (χ3n) is 8.39. The fourth-order valence-electron chi connectivity index (χ4n) is 6.85. The molecule has 0 bridgehead atoms. The Bertz CT molecular complexity index is 907. The monoisotopic (exact) mass is 410 g/mol. The Morgan fingerprint density at radius 1 is 0.677 bits per heavy atom. The van der Waals surface area contributed by atoms with Crippen LogP contribution in [0.5, 0.6) is 0 Å². The van der Waals surface area contributed by atoms with E-state index in [1.54, 1.807) is 33.4 Å². The quantitative estimate of drug-likeness (QED) is 0.406. The lowest BCUT2D eigenvalue weighted by Gasteiger charge is -2.41. The first-order valence-corrected chi connectivity index (χ1v) is 12.9. The van der Waals surface area contributed by atoms with Crippen molar-refractivity contribution in [2.24, 2.45) is 5.41 Å². The highest BCUT2D eigenvalue weighted by atomic mass is 14.5. The summed E-state index contributed by atoms with van der Waals surface area (Å²) in [5.41, 5.74) is 9.91. The van der Waals surface area contributed by atoms with Gasteiger partial charge in [-0.15, -0.1) is 0 Å². The predicted molar refractivity (Wildman–Crippen MR) is 134 cm³/mol. The molecule has 0 saturated heterocycles. The molecule has 5 rings (SSSR count). The molecule has 0 N–H and O–H groups in total. The number of hydrogen-bond donors (Lipinski definition) is 0. The summed E-state index contributed by atoms with van der Waals surface area (Å²) in [7, 11) is 0. The molecule has 162 valence electrons. The van der Waals surface area contributed by atoms with Gasteiger partial charge in [0.25, 0.3) is 0 Å². The van der Waals surface area contributed by atoms with E-state index in [-0.39, 0.29) is 0 Å². The number of hydrogen-bond acceptors (Lipinski definition) is 0. The van der Waals surface area contributed by atoms with E-state index in [9.17, 15) is 0 Å². The Labute approximate surface area is 189 Å². The van der Waals surface area contributed by atoms with Gasteiger partial charge in [-0.1, -0.05) is 100 Å². The summed E-state index contributed by atoms with van der Waals surface area (Å²) in [6, 6.07) is 18.7. The first-order valence-electron chi connectivity index (χ1n) is 12.9. The van der Waals surface area contributed by atoms with Crippen LogP contribution < -0.4 is 0 Å². The molecule has 2 unspecified atom stereocenters. The van der Waals surface area contributed by atoms with Crippen molar-refractivity contribution in [1.82, 2.24) is 0 Å². The van der Waals surface area contributed by atoms with Crippen molar-refractivity contribution < 1.29 is 0 Å². The largest absolute Gasteiger partial charge is 0.0726 e. The van der Waals surface area contributed by atoms with Gasteiger partial charge < -0.3 is 0 Å². The highest BCUT2D eigenvalue weighted by Gasteiger charge is 2.50. The van der Waals surface area contributed by atoms with E-state index in [0.717, 1.165) is 0 Å². The predicted octanol–water partition coefficient (Wildman–Crippen LogP) is 9.29. The van der Waals surface area contributed by atoms with E-state index in [1.807, 2.05) is 0 Å². The number of rotatable bonds is 8. The van der Waals surface area contributed by atoms with E-state index in [2.05, 4.69) is 74.5 Å². The minimum Gasteiger partial charge on any atom is -0.0726 e. The van der Waals surface area contributed by atoms with Crippen LogP contribution in [0.3, 0.4) is 0 Å². The van der Waals surface area contributed by atoms with Crippen molar-refractivity contribution >= 4 is 11.1 Å². The molecule has 1 saturated carbocycles. The lowest BCUT2D eigenvalue weighted by atomic mass is 9.62. The van der Waals surface area contributed by atoms with Gasteiger partial charge in [0.15, 0.2) is 0 Å². The maximum Gasteiger partial charge on any atom is 0.00953 e. The summed E-state index contributed by atoms with van der Waals surface area (Å²) >= 11 is 0. The molecule has 0 aromatic heterocycles. The van der Waals surface area contributed by atoms with E-state index < -0.39 is 0 Å². The average molecular weight is 411 g/mol. The van der Waals surface area contributed by atoms with Gasteiger partial charge in [0.1, 0.15) is 0 Å². The normalized spacial score (nSPS) is 23.4. The van der Waals surface area contributed by atoms with Crippen molar-refractivity contribution in [1.29, 1.82) is 0 Å². The van der Waals surface area contributed by atoms with E-state index >= 15 is 0 Å². The lowest BCUT2D eigenvalue weighted by molar-refractivity contribution is 0.232. The van der Waals surface area contributed by atoms with Gasteiger partial charge in [0.05, 0.1) is 0 Å². The molecule has 3 aliphatic carbocycles. The minimum absolute atomic E-state index is 0.341. The summed E-state index contributed by atoms with van der Waals surface area (Å²) < 4.78 is 0. The molecule has 0 amide bonds. The van der Waals surface area contributed by atoms with Crippen LogP contribution in [-0.4, -0.2) is 0 Å². The highest BCUT2D eigenvalue weighted by Crippen LogP contribution is 2.63. The molecule has 0 radical (unpaired) electrons. The molecular weight excluding hydrogens is 372 g/mol. The van der Waals surface area contributed by atoms with Gasteiger partial charge in [-0.05, 0) is 77.3 Å². The van der Waals surface area contributed by atoms with Gasteiger partial charge in [-0.3, -0.25) is 0 Å². The standard InChI is InChI=1S/C31H38/c1-3-5-13-23-21-29(27-17-9-7-15-25(23)27)31(19-11-12-20-31)30-22-24(14-6-4-2)26-16-8-10-18-28(26)30/h7-10,15-18,21-22,29-30H,3-6,11-14,19-20H2,1-2H3. The Kier molecular flexibility index (Phi) is 5.91. The van der Waals surface area contributed by atoms with Crippen molar-refractivity contribution in [3.63, 3.8) is 0 Å². The average Bonchev–Trinajstić information content (AvgIpc) is 3.52. The first kappa shape index (κ1) is 20.8. The van der Waals surface area contributed by atoms with Crippen molar-refractivity contribution in [3.8, 4) is 0 Å². The topological polar surface area (TPSA) is 0 Å². The molecule has 31 heavy (non-hydrogen) atoms. The highest BCUT2D eigenvalue weighted by molar-refractivity contribution is 5.78. The van der Waals surface area contributed by atoms with Crippen LogP contribution in [0, 0.1) is 5.41 Å². The van der Waals surface area contributed by atoms with Crippen LogP contribution >= 0.6 is 0 Å². The fraction of sp³-hybridized carbons (Fsp3) is 0.484. The van der Waals surface area contributed by atoms with Crippen LogP contribution in [0.1, 0.15) is 112 Å². The second-order valence-corrected chi connectivity index (χ2v) is 10.2. The lowest BCUT2D eigenvalue weighted by Crippen LogP contribution is -2.30. The van der Waals surface area contributed by atoms with Crippen LogP contribution in [-0.2, 0) is 0 Å². The van der Waals surface area contributed by atoms with E-state index in [1.165, 1.54) is 64.2 Å². The van der Waals surface area contributed by atoms with Crippen LogP contribution in [0.2, 0.25) is 0 Å². The Morgan fingerprint density at radius 2 is 1.13 bits per heavy atom. The van der Waals surface area contributed by atoms with Gasteiger partial charge in [-0.25, -0.2) is 0 Å². The zero-order valence-electron chi connectivity index (χ0n) is 19.5. The maximum atomic E-state index is 2.71. The summed E-state index contributed by atoms with van der Waals surface area (Å²) in [6.07, 6.45) is 18.5. The summed E-state index contributed by atoms with van der Waals surface area (Å²) in [6.45, 7) is 4.63. The molecule has 0 aliphatic heterocycles. The minimum atomic E-state index is 0.341. The smallest absolute Gasteiger partial charge is 0.00953 e. The third kappa shape index (κ3) is 3.53. The molecule has 0 spiro atoms. The fourth-order valence-corrected chi connectivity index (χ4v) is 6.85. The van der Waals surface area contributed by atoms with Crippen LogP contribution in [0.4, 0.5) is 0 Å². The van der Waals surface area contributed by atoms with Crippen molar-refractivity contribution in [3.05, 3.63) is 82.9 Å². The summed E-state index contributed by atoms with van der Waals surface area (Å²) in [5, 5.41) is 0. The van der Waals surface area contributed by atoms with Crippen molar-refractivity contribution in [2.75, 3.05) is 0 Å². The molecular formula is C31H38. The zero-order chi connectivity index (χ0) is 21.3. The Morgan fingerprint density at radius 3 is 1.58 bits per heavy atom. The molecule has 2 aromatic carbocycles. The molecule has 2 aromatic rings. The Balaban J connectivity index is 1.60. The summed E-state index contributed by atoms with van der Waals surface area (Å²) in [4.78, 5) is 0. The van der Waals surface area contributed by atoms with Gasteiger partial charge in [-0.2, -0.15) is 0 Å². The van der Waals surface area contributed by atoms with Gasteiger partial charge >= 0.3 is 0 Å². The zero-order valence-corrected chi connectivity index (χ0v) is 19.5. The SMILES string of the molecule is CCCCC1=CC(C2(C3C=C(CCCC)c4ccccc43)CCCC2)c2ccccc21. The number of unbranched alkanes of at least 4 members (excludes halogenated alkanes) is 2. The number of benzene rings is 2. The van der Waals surface area contributed by atoms with Crippen LogP contribution in [0.25, 0.3) is 11.1 Å². The molecule has 3 aliphatic rings. The number of fused-ring (bicyclic) bond motifs is 2. The van der Waals surface area contributed by atoms with Gasteiger partial charge in [0, 0.05) is 11.8 Å². The first-order chi connectivity index (χ1) is 15.3. The molecule has 1 fully saturated rings. The van der Waals surface area contributed by atoms with Gasteiger partial charge in [0.2, 0.25) is 0 Å². The van der Waals surface area contributed by atoms with E-state index in [0.29, 0.717) is 17.3 Å². The molecule has 0 heteroatoms. The third-order valence-corrected chi connectivity index (χ3v) is 8.39. The van der Waals surface area contributed by atoms with Crippen LogP contribution in [0.15, 0.2) is 60.7 Å². The number of allylic oxidation sites excluding steroid dienone is 4. The Hall–Kier alpha value is -2.08. The second kappa shape index (κ2) is 8.81. The molecule has 0 heterocycles. The molecule has 0 nitrogen and oxygen atoms in total. The van der Waals surface area contributed by atoms with Crippen molar-refractivity contribution in [2.45, 2.75) is 89.9 Å². The maximum absolute atomic E-state index is 2.71. The summed E-state index contributed by atoms with van der Waals surface area (Å²) in [5.74, 6) is 1.13. The molecule has 2 atom stereocenters. The van der Waals surface area contributed by atoms with E-state index in [4.69, 9.17) is 0 Å².